The molecule has 0 saturated carbocycles. The van der Waals surface area contributed by atoms with Crippen LogP contribution in [-0.2, 0) is 37.9 Å². The van der Waals surface area contributed by atoms with Crippen LogP contribution < -0.4 is 26.4 Å². The monoisotopic (exact) mass is 1040 g/mol. The molecule has 3 heterocycles. The maximum Gasteiger partial charge on any atom is 0.297 e. The van der Waals surface area contributed by atoms with Gasteiger partial charge in [-0.15, -0.1) is 0 Å². The van der Waals surface area contributed by atoms with Gasteiger partial charge >= 0.3 is 0 Å². The minimum atomic E-state index is -0.157. The molecular formula is C75H81BN2O. The molecule has 2 aliphatic heterocycles. The van der Waals surface area contributed by atoms with Crippen LogP contribution in [0, 0.1) is 6.92 Å². The average molecular weight is 1040 g/mol. The Labute approximate surface area is 471 Å². The molecule has 0 bridgehead atoms. The number of hydrogen-bond acceptors (Lipinski definition) is 3. The first kappa shape index (κ1) is 50.7. The molecule has 0 atom stereocenters. The Balaban J connectivity index is 1.12. The summed E-state index contributed by atoms with van der Waals surface area (Å²) in [4.78, 5) is 5.39. The van der Waals surface area contributed by atoms with Gasteiger partial charge in [0.15, 0.2) is 0 Å². The minimum absolute atomic E-state index is 0.00269. The summed E-state index contributed by atoms with van der Waals surface area (Å²) in [6.07, 6.45) is 6.91. The van der Waals surface area contributed by atoms with Crippen molar-refractivity contribution >= 4 is 89.9 Å². The second kappa shape index (κ2) is 16.3. The second-order valence-corrected chi connectivity index (χ2v) is 30.2. The van der Waals surface area contributed by atoms with Crippen molar-refractivity contribution in [2.45, 2.75) is 187 Å². The zero-order chi connectivity index (χ0) is 55.5. The molecule has 0 spiro atoms. The lowest BCUT2D eigenvalue weighted by atomic mass is 9.35. The molecule has 8 aromatic carbocycles. The number of anilines is 6. The lowest BCUT2D eigenvalue weighted by Gasteiger charge is -2.46. The van der Waals surface area contributed by atoms with Gasteiger partial charge in [-0.25, -0.2) is 0 Å². The van der Waals surface area contributed by atoms with Gasteiger partial charge in [0.25, 0.3) is 6.71 Å². The summed E-state index contributed by atoms with van der Waals surface area (Å²) in [5.41, 5.74) is 25.9. The summed E-state index contributed by atoms with van der Waals surface area (Å²) >= 11 is 0. The van der Waals surface area contributed by atoms with Crippen LogP contribution in [0.4, 0.5) is 34.1 Å². The Kier molecular flexibility index (Phi) is 10.5. The summed E-state index contributed by atoms with van der Waals surface area (Å²) in [6.45, 7) is 38.9. The standard InChI is InChI=1S/C75H81BN2O/c1-44-36-63-66-64(37-44)78(61-42-58-56(72(9,10)32-34-74(58,13)14)40-52(61)50-23-19-22-49-48-21-18-17-20-45(48)24-27-51(49)50)62-38-46(69(2,3)4)25-29-60(62)76(66)68-67(53-41-57-59(43-65(53)79-68)75(15,16)35-33-73(57,11)12)77(63)47-26-28-54-55(39-47)71(7,8)31-30-70(54,5)6/h17-29,36-43H,30-35H2,1-16H3. The van der Waals surface area contributed by atoms with Crippen molar-refractivity contribution in [2.75, 3.05) is 9.80 Å². The van der Waals surface area contributed by atoms with E-state index in [2.05, 4.69) is 248 Å². The molecule has 9 aromatic rings. The molecule has 14 rings (SSSR count). The smallest absolute Gasteiger partial charge is 0.297 e. The Bertz CT molecular complexity index is 4110. The van der Waals surface area contributed by atoms with E-state index in [4.69, 9.17) is 4.42 Å². The Morgan fingerprint density at radius 2 is 1.00 bits per heavy atom. The van der Waals surface area contributed by atoms with Crippen LogP contribution in [-0.4, -0.2) is 6.71 Å². The Morgan fingerprint density at radius 1 is 0.430 bits per heavy atom. The summed E-state index contributed by atoms with van der Waals surface area (Å²) in [5.74, 6) is 0. The topological polar surface area (TPSA) is 19.6 Å². The number of nitrogens with zero attached hydrogens (tertiary/aromatic N) is 2. The van der Waals surface area contributed by atoms with E-state index in [1.165, 1.54) is 134 Å². The predicted molar refractivity (Wildman–Crippen MR) is 340 cm³/mol. The van der Waals surface area contributed by atoms with Crippen LogP contribution in [0.1, 0.15) is 187 Å². The molecule has 0 radical (unpaired) electrons. The molecule has 3 aliphatic carbocycles. The molecule has 0 N–H and O–H groups in total. The quantitative estimate of drug-likeness (QED) is 0.130. The molecule has 1 aromatic heterocycles. The van der Waals surface area contributed by atoms with E-state index in [9.17, 15) is 0 Å². The summed E-state index contributed by atoms with van der Waals surface area (Å²) in [5, 5.41) is 6.35. The van der Waals surface area contributed by atoms with Gasteiger partial charge in [-0.3, -0.25) is 0 Å². The number of hydrogen-bond donors (Lipinski definition) is 0. The molecule has 0 amide bonds. The molecule has 400 valence electrons. The van der Waals surface area contributed by atoms with Crippen molar-refractivity contribution in [2.24, 2.45) is 0 Å². The highest BCUT2D eigenvalue weighted by atomic mass is 16.3. The van der Waals surface area contributed by atoms with Crippen molar-refractivity contribution in [3.63, 3.8) is 0 Å². The molecule has 79 heavy (non-hydrogen) atoms. The van der Waals surface area contributed by atoms with Crippen molar-refractivity contribution < 1.29 is 4.42 Å². The van der Waals surface area contributed by atoms with E-state index in [0.717, 1.165) is 43.3 Å². The minimum Gasteiger partial charge on any atom is -0.468 e. The number of furan rings is 1. The van der Waals surface area contributed by atoms with Crippen LogP contribution in [0.2, 0.25) is 0 Å². The number of aryl methyl sites for hydroxylation is 1. The SMILES string of the molecule is Cc1cc2c3c(c1)N(c1ccc4c(c1)C(C)(C)CCC4(C)C)c1c(oc4cc5c(cc14)C(C)(C)CCC5(C)C)B3c1ccc(C(C)(C)C)cc1N2c1cc2c(cc1-c1cccc3c1ccc1ccccc13)C(C)(C)CCC2(C)C. The highest BCUT2D eigenvalue weighted by Gasteiger charge is 2.50. The maximum absolute atomic E-state index is 7.77. The van der Waals surface area contributed by atoms with Crippen LogP contribution in [0.15, 0.2) is 132 Å². The zero-order valence-electron chi connectivity index (χ0n) is 50.2. The lowest BCUT2D eigenvalue weighted by molar-refractivity contribution is 0.332. The van der Waals surface area contributed by atoms with Gasteiger partial charge in [-0.05, 0) is 220 Å². The van der Waals surface area contributed by atoms with Gasteiger partial charge in [0.1, 0.15) is 5.58 Å². The fourth-order valence-electron chi connectivity index (χ4n) is 15.7. The third kappa shape index (κ3) is 7.36. The van der Waals surface area contributed by atoms with Gasteiger partial charge < -0.3 is 14.2 Å². The molecule has 0 fully saturated rings. The van der Waals surface area contributed by atoms with E-state index in [1.807, 2.05) is 0 Å². The lowest BCUT2D eigenvalue weighted by Crippen LogP contribution is -2.61. The van der Waals surface area contributed by atoms with Gasteiger partial charge in [0.05, 0.1) is 17.0 Å². The van der Waals surface area contributed by atoms with E-state index in [1.54, 1.807) is 0 Å². The largest absolute Gasteiger partial charge is 0.468 e. The zero-order valence-corrected chi connectivity index (χ0v) is 50.2. The van der Waals surface area contributed by atoms with Gasteiger partial charge in [-0.2, -0.15) is 0 Å². The maximum atomic E-state index is 7.77. The fourth-order valence-corrected chi connectivity index (χ4v) is 15.7. The average Bonchev–Trinajstić information content (AvgIpc) is 3.95. The summed E-state index contributed by atoms with van der Waals surface area (Å²) < 4.78 is 7.77. The highest BCUT2D eigenvalue weighted by Crippen LogP contribution is 2.57. The van der Waals surface area contributed by atoms with E-state index in [-0.39, 0.29) is 44.6 Å². The predicted octanol–water partition coefficient (Wildman–Crippen LogP) is 19.1. The van der Waals surface area contributed by atoms with Crippen molar-refractivity contribution in [3.05, 3.63) is 172 Å². The third-order valence-electron chi connectivity index (χ3n) is 21.0. The first-order chi connectivity index (χ1) is 37.2. The van der Waals surface area contributed by atoms with Gasteiger partial charge in [-0.1, -0.05) is 177 Å². The molecule has 0 unspecified atom stereocenters. The normalized spacial score (nSPS) is 19.6. The number of benzene rings is 8. The van der Waals surface area contributed by atoms with Crippen LogP contribution in [0.25, 0.3) is 43.6 Å². The van der Waals surface area contributed by atoms with Crippen molar-refractivity contribution in [3.8, 4) is 11.1 Å². The Hall–Kier alpha value is -6.52. The fraction of sp³-hybridized carbons (Fsp3) is 0.387. The van der Waals surface area contributed by atoms with Crippen molar-refractivity contribution in [1.82, 2.24) is 0 Å². The first-order valence-corrected chi connectivity index (χ1v) is 29.9. The van der Waals surface area contributed by atoms with Gasteiger partial charge in [0, 0.05) is 33.7 Å². The van der Waals surface area contributed by atoms with E-state index < -0.39 is 0 Å². The van der Waals surface area contributed by atoms with E-state index in [0.29, 0.717) is 0 Å². The van der Waals surface area contributed by atoms with E-state index >= 15 is 0 Å². The molecule has 4 heteroatoms. The molecule has 5 aliphatic rings. The first-order valence-electron chi connectivity index (χ1n) is 29.9. The molecule has 3 nitrogen and oxygen atoms in total. The van der Waals surface area contributed by atoms with Crippen LogP contribution >= 0.6 is 0 Å². The molecule has 0 saturated heterocycles. The van der Waals surface area contributed by atoms with Gasteiger partial charge in [0.2, 0.25) is 0 Å². The van der Waals surface area contributed by atoms with Crippen LogP contribution in [0.5, 0.6) is 0 Å². The number of rotatable bonds is 3. The third-order valence-corrected chi connectivity index (χ3v) is 21.0. The Morgan fingerprint density at radius 3 is 1.66 bits per heavy atom. The molecular weight excluding hydrogens is 956 g/mol. The van der Waals surface area contributed by atoms with Crippen LogP contribution in [0.3, 0.4) is 0 Å². The van der Waals surface area contributed by atoms with Crippen molar-refractivity contribution in [1.29, 1.82) is 0 Å². The summed E-state index contributed by atoms with van der Waals surface area (Å²) in [7, 11) is 0. The highest BCUT2D eigenvalue weighted by molar-refractivity contribution is 7.00. The second-order valence-electron chi connectivity index (χ2n) is 30.2. The summed E-state index contributed by atoms with van der Waals surface area (Å²) in [6, 6.07) is 51.0. The number of fused-ring (bicyclic) bond motifs is 12.